The van der Waals surface area contributed by atoms with Gasteiger partial charge in [-0.15, -0.1) is 21.8 Å². The molecule has 0 aliphatic heterocycles. The molecule has 0 aliphatic rings. The van der Waals surface area contributed by atoms with Crippen molar-refractivity contribution in [2.75, 3.05) is 0 Å². The summed E-state index contributed by atoms with van der Waals surface area (Å²) in [6.45, 7) is 7.19. The minimum atomic E-state index is -0.756. The first-order valence-electron chi connectivity index (χ1n) is 5.25. The van der Waals surface area contributed by atoms with E-state index in [1.807, 2.05) is 0 Å². The molecular weight excluding hydrogens is 275 g/mol. The van der Waals surface area contributed by atoms with Crippen molar-refractivity contribution in [3.63, 3.8) is 0 Å². The van der Waals surface area contributed by atoms with Crippen molar-refractivity contribution in [2.24, 2.45) is 0 Å². The molecule has 0 aliphatic carbocycles. The van der Waals surface area contributed by atoms with E-state index in [0.29, 0.717) is 0 Å². The van der Waals surface area contributed by atoms with E-state index >= 15 is 0 Å². The Bertz CT molecular complexity index is 96.5. The van der Waals surface area contributed by atoms with E-state index in [1.54, 1.807) is 0 Å². The summed E-state index contributed by atoms with van der Waals surface area (Å²) in [7, 11) is 0. The number of hydrogen-bond donors (Lipinski definition) is 0. The fraction of sp³-hybridized carbons (Fsp3) is 1.00. The van der Waals surface area contributed by atoms with Crippen molar-refractivity contribution >= 4 is 27.4 Å². The van der Waals surface area contributed by atoms with Crippen molar-refractivity contribution in [1.29, 1.82) is 0 Å². The molecule has 0 saturated carbocycles. The highest BCUT2D eigenvalue weighted by molar-refractivity contribution is 14.1. The van der Waals surface area contributed by atoms with Crippen LogP contribution >= 0.6 is 21.8 Å². The predicted octanol–water partition coefficient (Wildman–Crippen LogP) is 4.99. The molecule has 0 saturated heterocycles. The molecule has 0 spiro atoms. The molecule has 0 radical (unpaired) electrons. The molecule has 74 valence electrons. The van der Waals surface area contributed by atoms with Gasteiger partial charge in [0.2, 0.25) is 0 Å². The van der Waals surface area contributed by atoms with Gasteiger partial charge in [-0.3, -0.25) is 0 Å². The summed E-state index contributed by atoms with van der Waals surface area (Å²) in [5.41, 5.74) is -0.756. The van der Waals surface area contributed by atoms with Crippen LogP contribution in [0.1, 0.15) is 45.4 Å². The van der Waals surface area contributed by atoms with E-state index in [1.165, 1.54) is 44.6 Å². The van der Waals surface area contributed by atoms with Gasteiger partial charge in [-0.1, -0.05) is 58.5 Å². The van der Waals surface area contributed by atoms with Crippen LogP contribution in [0.4, 0.5) is 0 Å². The Hall–Kier alpha value is 0.947. The van der Waals surface area contributed by atoms with Gasteiger partial charge in [0.1, 0.15) is 5.57 Å². The first-order chi connectivity index (χ1) is 5.56. The van der Waals surface area contributed by atoms with Crippen LogP contribution in [0.15, 0.2) is 0 Å². The molecule has 12 heavy (non-hydrogen) atoms. The summed E-state index contributed by atoms with van der Waals surface area (Å²) in [5.74, 6) is 0. The summed E-state index contributed by atoms with van der Waals surface area (Å²) in [6, 6.07) is 1.51. The quantitative estimate of drug-likeness (QED) is 0.269. The highest BCUT2D eigenvalue weighted by Gasteiger charge is 2.14. The van der Waals surface area contributed by atoms with Crippen LogP contribution < -0.4 is 0 Å². The third kappa shape index (κ3) is 10.9. The van der Waals surface area contributed by atoms with E-state index in [9.17, 15) is 0 Å². The second-order valence-electron chi connectivity index (χ2n) is 4.24. The Labute approximate surface area is 91.7 Å². The van der Waals surface area contributed by atoms with E-state index in [-0.39, 0.29) is 0 Å². The molecule has 0 heterocycles. The first kappa shape index (κ1) is 12.9. The van der Waals surface area contributed by atoms with Crippen LogP contribution in [0.3, 0.4) is 0 Å². The minimum Gasteiger partial charge on any atom is -0.119 e. The molecule has 0 rings (SSSR count). The molecule has 0 unspecified atom stereocenters. The molecule has 0 aromatic rings. The molecule has 0 bridgehead atoms. The van der Waals surface area contributed by atoms with Crippen molar-refractivity contribution in [3.05, 3.63) is 0 Å². The van der Waals surface area contributed by atoms with Gasteiger partial charge in [0.25, 0.3) is 0 Å². The molecule has 0 N–H and O–H groups in total. The van der Waals surface area contributed by atoms with Gasteiger partial charge in [0.15, 0.2) is 0 Å². The summed E-state index contributed by atoms with van der Waals surface area (Å²) < 4.78 is 0. The van der Waals surface area contributed by atoms with Gasteiger partial charge in [0, 0.05) is 0 Å². The molecule has 0 nitrogen and oxygen atoms in total. The topological polar surface area (TPSA) is 0 Å². The van der Waals surface area contributed by atoms with Crippen molar-refractivity contribution < 1.29 is 0 Å². The van der Waals surface area contributed by atoms with E-state index < -0.39 is 5.57 Å². The fourth-order valence-electron chi connectivity index (χ4n) is 1.33. The van der Waals surface area contributed by atoms with Crippen LogP contribution in [0.2, 0.25) is 19.1 Å². The average Bonchev–Trinajstić information content (AvgIpc) is 1.94. The standard InChI is InChI=1S/C10H23ISi/c1-4-5-6-7-8-9-10-12(2,3)11/h4-10H2,1-3H3. The van der Waals surface area contributed by atoms with Crippen LogP contribution in [-0.4, -0.2) is 5.57 Å². The molecular formula is C10H23ISi. The Balaban J connectivity index is 3.01. The smallest absolute Gasteiger partial charge is 0.119 e. The van der Waals surface area contributed by atoms with Gasteiger partial charge < -0.3 is 0 Å². The summed E-state index contributed by atoms with van der Waals surface area (Å²) in [4.78, 5) is 0. The van der Waals surface area contributed by atoms with E-state index in [0.717, 1.165) is 0 Å². The maximum Gasteiger partial charge on any atom is 0.119 e. The average molecular weight is 298 g/mol. The zero-order chi connectivity index (χ0) is 9.45. The Kier molecular flexibility index (Phi) is 7.94. The van der Waals surface area contributed by atoms with E-state index in [2.05, 4.69) is 41.8 Å². The maximum atomic E-state index is 2.68. The highest BCUT2D eigenvalue weighted by Crippen LogP contribution is 2.21. The number of hydrogen-bond acceptors (Lipinski definition) is 0. The molecule has 2 heteroatoms. The van der Waals surface area contributed by atoms with Gasteiger partial charge in [-0.2, -0.15) is 0 Å². The predicted molar refractivity (Wildman–Crippen MR) is 69.7 cm³/mol. The lowest BCUT2D eigenvalue weighted by Crippen LogP contribution is -2.13. The fourth-order valence-corrected chi connectivity index (χ4v) is 3.56. The molecule has 0 fully saturated rings. The molecule has 0 aromatic heterocycles. The first-order valence-corrected chi connectivity index (χ1v) is 11.6. The lowest BCUT2D eigenvalue weighted by Gasteiger charge is -2.12. The normalized spacial score (nSPS) is 12.0. The van der Waals surface area contributed by atoms with Crippen LogP contribution in [0, 0.1) is 0 Å². The zero-order valence-corrected chi connectivity index (χ0v) is 12.0. The number of rotatable bonds is 7. The second-order valence-corrected chi connectivity index (χ2v) is 16.9. The largest absolute Gasteiger partial charge is 0.119 e. The summed E-state index contributed by atoms with van der Waals surface area (Å²) in [5, 5.41) is 0. The van der Waals surface area contributed by atoms with E-state index in [4.69, 9.17) is 0 Å². The minimum absolute atomic E-state index is 0.756. The maximum absolute atomic E-state index is 2.68. The van der Waals surface area contributed by atoms with Gasteiger partial charge in [0.05, 0.1) is 0 Å². The van der Waals surface area contributed by atoms with Crippen molar-refractivity contribution in [2.45, 2.75) is 64.6 Å². The molecule has 0 amide bonds. The Morgan fingerprint density at radius 3 is 1.92 bits per heavy atom. The third-order valence-corrected chi connectivity index (χ3v) is 5.29. The van der Waals surface area contributed by atoms with Crippen LogP contribution in [0.25, 0.3) is 0 Å². The second kappa shape index (κ2) is 7.36. The lowest BCUT2D eigenvalue weighted by molar-refractivity contribution is 0.623. The van der Waals surface area contributed by atoms with Crippen LogP contribution in [0.5, 0.6) is 0 Å². The molecule has 0 aromatic carbocycles. The highest BCUT2D eigenvalue weighted by atomic mass is 127. The monoisotopic (exact) mass is 298 g/mol. The van der Waals surface area contributed by atoms with Gasteiger partial charge >= 0.3 is 0 Å². The SMILES string of the molecule is CCCCCCCC[Si](C)(C)I. The lowest BCUT2D eigenvalue weighted by atomic mass is 10.1. The number of unbranched alkanes of at least 4 members (excludes halogenated alkanes) is 5. The Morgan fingerprint density at radius 2 is 1.42 bits per heavy atom. The van der Waals surface area contributed by atoms with Gasteiger partial charge in [-0.25, -0.2) is 0 Å². The summed E-state index contributed by atoms with van der Waals surface area (Å²) in [6.07, 6.45) is 8.68. The molecule has 0 atom stereocenters. The third-order valence-electron chi connectivity index (χ3n) is 2.12. The van der Waals surface area contributed by atoms with Crippen molar-refractivity contribution in [3.8, 4) is 0 Å². The Morgan fingerprint density at radius 1 is 0.917 bits per heavy atom. The zero-order valence-electron chi connectivity index (χ0n) is 8.83. The van der Waals surface area contributed by atoms with Gasteiger partial charge in [-0.05, 0) is 6.04 Å². The van der Waals surface area contributed by atoms with Crippen LogP contribution in [-0.2, 0) is 0 Å². The number of halogens is 1. The summed E-state index contributed by atoms with van der Waals surface area (Å²) >= 11 is 2.68. The van der Waals surface area contributed by atoms with Crippen molar-refractivity contribution in [1.82, 2.24) is 0 Å².